The molecule has 1 aromatic heterocycles. The number of likely N-dealkylation sites (N-methyl/N-ethyl adjacent to an activating group) is 2. The van der Waals surface area contributed by atoms with Gasteiger partial charge in [-0.2, -0.15) is 5.26 Å². The largest absolute Gasteiger partial charge is 0.354 e. The normalized spacial score (nSPS) is 11.3. The minimum Gasteiger partial charge on any atom is -0.354 e. The van der Waals surface area contributed by atoms with E-state index in [2.05, 4.69) is 33.5 Å². The molecule has 3 aromatic rings. The molecule has 9 nitrogen and oxygen atoms in total. The van der Waals surface area contributed by atoms with Crippen LogP contribution >= 0.6 is 0 Å². The Balaban J connectivity index is 1.58. The minimum absolute atomic E-state index is 0.208. The highest BCUT2D eigenvalue weighted by Crippen LogP contribution is 2.23. The quantitative estimate of drug-likeness (QED) is 0.211. The lowest BCUT2D eigenvalue weighted by Crippen LogP contribution is -2.45. The fourth-order valence-electron chi connectivity index (χ4n) is 3.65. The maximum absolute atomic E-state index is 12.5. The first-order valence-electron chi connectivity index (χ1n) is 13.3. The first-order chi connectivity index (χ1) is 19.8. The van der Waals surface area contributed by atoms with Gasteiger partial charge in [0.2, 0.25) is 17.8 Å². The molecule has 0 aliphatic carbocycles. The number of hydrogen-bond acceptors (Lipinski definition) is 7. The van der Waals surface area contributed by atoms with Crippen LogP contribution < -0.4 is 10.6 Å². The van der Waals surface area contributed by atoms with Crippen molar-refractivity contribution in [3.8, 4) is 29.2 Å². The first-order valence-corrected chi connectivity index (χ1v) is 13.3. The van der Waals surface area contributed by atoms with Gasteiger partial charge in [0, 0.05) is 50.1 Å². The van der Waals surface area contributed by atoms with Crippen LogP contribution in [0.4, 0.5) is 11.6 Å². The van der Waals surface area contributed by atoms with Gasteiger partial charge in [-0.15, -0.1) is 0 Å². The summed E-state index contributed by atoms with van der Waals surface area (Å²) in [4.78, 5) is 37.3. The van der Waals surface area contributed by atoms with Crippen LogP contribution in [-0.4, -0.2) is 71.9 Å². The summed E-state index contributed by atoms with van der Waals surface area (Å²) in [6.45, 7) is 2.81. The molecule has 0 fully saturated rings. The zero-order chi connectivity index (χ0) is 29.6. The number of benzene rings is 2. The number of nitrogens with one attached hydrogen (secondary N) is 2. The van der Waals surface area contributed by atoms with Crippen molar-refractivity contribution in [2.75, 3.05) is 39.5 Å². The van der Waals surface area contributed by atoms with E-state index < -0.39 is 6.04 Å². The Morgan fingerprint density at radius 1 is 1.07 bits per heavy atom. The first kappa shape index (κ1) is 30.6. The molecule has 0 radical (unpaired) electrons. The summed E-state index contributed by atoms with van der Waals surface area (Å²) in [5.74, 6) is 6.34. The van der Waals surface area contributed by atoms with Crippen LogP contribution in [0.3, 0.4) is 0 Å². The topological polar surface area (TPSA) is 114 Å². The second-order valence-electron chi connectivity index (χ2n) is 9.62. The molecule has 0 aliphatic heterocycles. The van der Waals surface area contributed by atoms with Gasteiger partial charge in [0.15, 0.2) is 0 Å². The molecular formula is C32H35N7O2. The highest BCUT2D eigenvalue weighted by molar-refractivity contribution is 5.92. The number of nitrogens with zero attached hydrogens (tertiary/aromatic N) is 5. The number of nitriles is 1. The second-order valence-corrected chi connectivity index (χ2v) is 9.62. The molecule has 1 unspecified atom stereocenters. The van der Waals surface area contributed by atoms with E-state index in [1.165, 1.54) is 11.0 Å². The highest BCUT2D eigenvalue weighted by atomic mass is 16.2. The zero-order valence-electron chi connectivity index (χ0n) is 23.9. The Morgan fingerprint density at radius 2 is 1.80 bits per heavy atom. The summed E-state index contributed by atoms with van der Waals surface area (Å²) in [5, 5.41) is 15.1. The summed E-state index contributed by atoms with van der Waals surface area (Å²) in [5.41, 5.74) is 3.67. The molecule has 0 spiro atoms. The van der Waals surface area contributed by atoms with Gasteiger partial charge in [-0.05, 0) is 51.7 Å². The van der Waals surface area contributed by atoms with Crippen LogP contribution in [0.1, 0.15) is 30.9 Å². The van der Waals surface area contributed by atoms with E-state index in [1.54, 1.807) is 50.5 Å². The summed E-state index contributed by atoms with van der Waals surface area (Å²) in [7, 11) is 5.46. The van der Waals surface area contributed by atoms with E-state index in [0.717, 1.165) is 11.3 Å². The van der Waals surface area contributed by atoms with Gasteiger partial charge in [0.05, 0.1) is 22.9 Å². The number of amides is 2. The smallest absolute Gasteiger partial charge is 0.246 e. The van der Waals surface area contributed by atoms with Crippen LogP contribution in [0.25, 0.3) is 11.3 Å². The standard InChI is InChI=1S/C32H35N7O2/c1-24(39(4)29(40)15-11-21-38(2)3)31(41)34-20-10-6-9-14-27-23-35-32(36-28-18-16-25(22-33)17-19-28)37-30(27)26-12-7-5-8-13-26/h5,7-8,11-13,15-19,23-24H,6,10,20-21H2,1-4H3,(H,34,41)(H,35,36,37)/b15-11+. The van der Waals surface area contributed by atoms with E-state index >= 15 is 0 Å². The number of anilines is 2. The molecule has 2 aromatic carbocycles. The number of rotatable bonds is 11. The lowest BCUT2D eigenvalue weighted by molar-refractivity contribution is -0.135. The van der Waals surface area contributed by atoms with Gasteiger partial charge in [0.1, 0.15) is 6.04 Å². The van der Waals surface area contributed by atoms with Gasteiger partial charge in [-0.1, -0.05) is 48.2 Å². The molecule has 0 aliphatic rings. The van der Waals surface area contributed by atoms with Crippen molar-refractivity contribution in [2.24, 2.45) is 0 Å². The third-order valence-corrected chi connectivity index (χ3v) is 6.15. The van der Waals surface area contributed by atoms with Gasteiger partial charge >= 0.3 is 0 Å². The van der Waals surface area contributed by atoms with E-state index in [4.69, 9.17) is 10.2 Å². The molecule has 2 N–H and O–H groups in total. The number of aromatic nitrogens is 2. The van der Waals surface area contributed by atoms with Crippen molar-refractivity contribution in [1.82, 2.24) is 25.1 Å². The van der Waals surface area contributed by atoms with E-state index in [1.807, 2.05) is 49.3 Å². The molecule has 1 atom stereocenters. The summed E-state index contributed by atoms with van der Waals surface area (Å²) in [6.07, 6.45) is 6.18. The monoisotopic (exact) mass is 549 g/mol. The Bertz CT molecular complexity index is 1450. The lowest BCUT2D eigenvalue weighted by atomic mass is 10.1. The number of unbranched alkanes of at least 4 members (excludes halogenated alkanes) is 1. The Morgan fingerprint density at radius 3 is 2.49 bits per heavy atom. The Hall–Kier alpha value is -4.99. The van der Waals surface area contributed by atoms with E-state index in [9.17, 15) is 9.59 Å². The number of carbonyl (C=O) groups is 2. The SMILES string of the molecule is CC(C(=O)NCCCC#Cc1cnc(Nc2ccc(C#N)cc2)nc1-c1ccccc1)N(C)C(=O)/C=C/CN(C)C. The fourth-order valence-corrected chi connectivity index (χ4v) is 3.65. The molecule has 0 saturated heterocycles. The lowest BCUT2D eigenvalue weighted by Gasteiger charge is -2.23. The van der Waals surface area contributed by atoms with Crippen molar-refractivity contribution in [2.45, 2.75) is 25.8 Å². The molecule has 0 bridgehead atoms. The van der Waals surface area contributed by atoms with Crippen LogP contribution in [0.2, 0.25) is 0 Å². The molecule has 3 rings (SSSR count). The van der Waals surface area contributed by atoms with Crippen molar-refractivity contribution in [3.63, 3.8) is 0 Å². The predicted octanol–water partition coefficient (Wildman–Crippen LogP) is 3.97. The van der Waals surface area contributed by atoms with Gasteiger partial charge in [0.25, 0.3) is 0 Å². The predicted molar refractivity (Wildman–Crippen MR) is 161 cm³/mol. The fraction of sp³-hybridized carbons (Fsp3) is 0.281. The van der Waals surface area contributed by atoms with Gasteiger partial charge in [-0.3, -0.25) is 9.59 Å². The average molecular weight is 550 g/mol. The molecule has 1 heterocycles. The van der Waals surface area contributed by atoms with Crippen LogP contribution in [0.5, 0.6) is 0 Å². The van der Waals surface area contributed by atoms with E-state index in [-0.39, 0.29) is 11.8 Å². The van der Waals surface area contributed by atoms with Crippen molar-refractivity contribution in [3.05, 3.63) is 84.1 Å². The van der Waals surface area contributed by atoms with Crippen molar-refractivity contribution < 1.29 is 9.59 Å². The molecule has 0 saturated carbocycles. The number of hydrogen-bond donors (Lipinski definition) is 2. The summed E-state index contributed by atoms with van der Waals surface area (Å²) < 4.78 is 0. The van der Waals surface area contributed by atoms with Crippen LogP contribution in [0.15, 0.2) is 72.9 Å². The Labute approximate surface area is 241 Å². The van der Waals surface area contributed by atoms with Crippen LogP contribution in [-0.2, 0) is 9.59 Å². The Kier molecular flexibility index (Phi) is 11.6. The third kappa shape index (κ3) is 9.61. The highest BCUT2D eigenvalue weighted by Gasteiger charge is 2.20. The molecule has 41 heavy (non-hydrogen) atoms. The van der Waals surface area contributed by atoms with Crippen molar-refractivity contribution in [1.29, 1.82) is 5.26 Å². The number of carbonyl (C=O) groups excluding carboxylic acids is 2. The van der Waals surface area contributed by atoms with Gasteiger partial charge < -0.3 is 20.4 Å². The third-order valence-electron chi connectivity index (χ3n) is 6.15. The maximum atomic E-state index is 12.5. The molecule has 2 amide bonds. The van der Waals surface area contributed by atoms with Crippen LogP contribution in [0, 0.1) is 23.2 Å². The maximum Gasteiger partial charge on any atom is 0.246 e. The van der Waals surface area contributed by atoms with E-state index in [0.29, 0.717) is 48.7 Å². The second kappa shape index (κ2) is 15.6. The van der Waals surface area contributed by atoms with Gasteiger partial charge in [-0.25, -0.2) is 9.97 Å². The summed E-state index contributed by atoms with van der Waals surface area (Å²) in [6, 6.07) is 18.3. The molecule has 9 heteroatoms. The minimum atomic E-state index is -0.584. The van der Waals surface area contributed by atoms with Crippen molar-refractivity contribution >= 4 is 23.5 Å². The average Bonchev–Trinajstić information content (AvgIpc) is 2.99. The molecular weight excluding hydrogens is 514 g/mol. The summed E-state index contributed by atoms with van der Waals surface area (Å²) >= 11 is 0. The molecule has 210 valence electrons. The zero-order valence-corrected chi connectivity index (χ0v) is 23.9.